The largest absolute Gasteiger partial charge is 0.455 e. The van der Waals surface area contributed by atoms with Gasteiger partial charge in [-0.25, -0.2) is 0 Å². The Morgan fingerprint density at radius 1 is 1.15 bits per heavy atom. The molecular formula is C36H42ClN3O7. The average Bonchev–Trinajstić information content (AvgIpc) is 3.72. The van der Waals surface area contributed by atoms with Gasteiger partial charge in [0, 0.05) is 23.7 Å². The quantitative estimate of drug-likeness (QED) is 0.227. The van der Waals surface area contributed by atoms with Crippen LogP contribution in [0.1, 0.15) is 51.2 Å². The van der Waals surface area contributed by atoms with Crippen molar-refractivity contribution in [1.29, 1.82) is 0 Å². The molecule has 2 N–H and O–H groups in total. The fourth-order valence-electron chi connectivity index (χ4n) is 7.36. The van der Waals surface area contributed by atoms with E-state index in [2.05, 4.69) is 18.5 Å². The van der Waals surface area contributed by atoms with E-state index in [1.807, 2.05) is 30.3 Å². The highest BCUT2D eigenvalue weighted by Crippen LogP contribution is 2.59. The standard InChI is InChI=1S/C36H42ClN3O7/c1-5-7-13-28(42)38-23(4)31(24-11-9-8-10-12-24)46-35(45)29-27-18-19-36(47-27)30(29)33(43)40(22(3)21-41)32(36)34(44)39(20-6-2)26-16-14-25(37)15-17-26/h5-6,8-12,14-17,22-23,27,29-32,41H,1-2,7,13,18-21H2,3-4H3,(H,38,42)/t22-,23-,27-,29+,30+,31-,32-,36+/m1/s1. The number of hydrogen-bond donors (Lipinski definition) is 2. The van der Waals surface area contributed by atoms with Crippen LogP contribution in [0.15, 0.2) is 79.9 Å². The maximum atomic E-state index is 14.6. The molecule has 3 aliphatic heterocycles. The fraction of sp³-hybridized carbons (Fsp3) is 0.444. The van der Waals surface area contributed by atoms with Gasteiger partial charge in [-0.1, -0.05) is 54.1 Å². The first-order chi connectivity index (χ1) is 22.6. The van der Waals surface area contributed by atoms with Crippen molar-refractivity contribution < 1.29 is 33.8 Å². The van der Waals surface area contributed by atoms with Crippen molar-refractivity contribution in [1.82, 2.24) is 10.2 Å². The van der Waals surface area contributed by atoms with Crippen LogP contribution in [0.2, 0.25) is 5.02 Å². The summed E-state index contributed by atoms with van der Waals surface area (Å²) in [6.07, 6.45) is 3.33. The van der Waals surface area contributed by atoms with Gasteiger partial charge in [0.2, 0.25) is 11.8 Å². The van der Waals surface area contributed by atoms with Gasteiger partial charge in [-0.15, -0.1) is 13.2 Å². The first-order valence-electron chi connectivity index (χ1n) is 16.0. The minimum atomic E-state index is -1.30. The lowest BCUT2D eigenvalue weighted by Crippen LogP contribution is -2.58. The van der Waals surface area contributed by atoms with Crippen molar-refractivity contribution in [2.75, 3.05) is 18.1 Å². The summed E-state index contributed by atoms with van der Waals surface area (Å²) in [5, 5.41) is 13.6. The fourth-order valence-corrected chi connectivity index (χ4v) is 7.49. The monoisotopic (exact) mass is 663 g/mol. The summed E-state index contributed by atoms with van der Waals surface area (Å²) in [5.41, 5.74) is -0.0630. The van der Waals surface area contributed by atoms with Crippen LogP contribution in [0.25, 0.3) is 0 Å². The van der Waals surface area contributed by atoms with Crippen molar-refractivity contribution in [3.05, 3.63) is 90.5 Å². The highest BCUT2D eigenvalue weighted by Gasteiger charge is 2.75. The number of fused-ring (bicyclic) bond motifs is 1. The maximum absolute atomic E-state index is 14.6. The number of hydrogen-bond acceptors (Lipinski definition) is 7. The molecule has 0 aromatic heterocycles. The molecule has 250 valence electrons. The van der Waals surface area contributed by atoms with Gasteiger partial charge < -0.3 is 29.7 Å². The first-order valence-corrected chi connectivity index (χ1v) is 16.4. The van der Waals surface area contributed by atoms with Crippen molar-refractivity contribution in [2.45, 2.75) is 75.5 Å². The van der Waals surface area contributed by atoms with Crippen LogP contribution >= 0.6 is 11.6 Å². The van der Waals surface area contributed by atoms with E-state index in [4.69, 9.17) is 21.1 Å². The number of rotatable bonds is 14. The summed E-state index contributed by atoms with van der Waals surface area (Å²) < 4.78 is 12.8. The van der Waals surface area contributed by atoms with E-state index in [0.29, 0.717) is 35.5 Å². The Bertz CT molecular complexity index is 1500. The summed E-state index contributed by atoms with van der Waals surface area (Å²) in [4.78, 5) is 58.6. The lowest BCUT2D eigenvalue weighted by atomic mass is 9.70. The highest BCUT2D eigenvalue weighted by molar-refractivity contribution is 6.30. The molecule has 0 saturated carbocycles. The van der Waals surface area contributed by atoms with Crippen molar-refractivity contribution >= 4 is 41.0 Å². The van der Waals surface area contributed by atoms with E-state index in [1.165, 1.54) is 9.80 Å². The van der Waals surface area contributed by atoms with Gasteiger partial charge in [-0.3, -0.25) is 19.2 Å². The van der Waals surface area contributed by atoms with E-state index in [-0.39, 0.29) is 18.9 Å². The van der Waals surface area contributed by atoms with Gasteiger partial charge in [0.05, 0.1) is 36.6 Å². The van der Waals surface area contributed by atoms with Crippen LogP contribution in [-0.4, -0.2) is 76.7 Å². The minimum Gasteiger partial charge on any atom is -0.455 e. The van der Waals surface area contributed by atoms with Gasteiger partial charge in [0.15, 0.2) is 0 Å². The Kier molecular flexibility index (Phi) is 10.5. The number of halogens is 1. The number of benzene rings is 2. The smallest absolute Gasteiger partial charge is 0.313 e. The molecule has 5 rings (SSSR count). The number of aliphatic hydroxyl groups is 1. The normalized spacial score (nSPS) is 26.2. The van der Waals surface area contributed by atoms with Crippen molar-refractivity contribution in [2.24, 2.45) is 11.8 Å². The number of amides is 3. The topological polar surface area (TPSA) is 125 Å². The molecule has 3 saturated heterocycles. The first kappa shape index (κ1) is 34.3. The molecule has 2 bridgehead atoms. The van der Waals surface area contributed by atoms with Crippen LogP contribution in [0.5, 0.6) is 0 Å². The van der Waals surface area contributed by atoms with E-state index >= 15 is 0 Å². The highest BCUT2D eigenvalue weighted by atomic mass is 35.5. The molecule has 10 nitrogen and oxygen atoms in total. The number of carbonyl (C=O) groups excluding carboxylic acids is 4. The summed E-state index contributed by atoms with van der Waals surface area (Å²) >= 11 is 6.12. The number of carbonyl (C=O) groups is 4. The van der Waals surface area contributed by atoms with Crippen LogP contribution < -0.4 is 10.2 Å². The zero-order valence-electron chi connectivity index (χ0n) is 26.7. The molecule has 2 aromatic carbocycles. The second-order valence-electron chi connectivity index (χ2n) is 12.5. The summed E-state index contributed by atoms with van der Waals surface area (Å²) in [6.45, 7) is 10.7. The van der Waals surface area contributed by atoms with Gasteiger partial charge >= 0.3 is 5.97 Å². The Morgan fingerprint density at radius 2 is 1.85 bits per heavy atom. The van der Waals surface area contributed by atoms with E-state index < -0.39 is 72.2 Å². The van der Waals surface area contributed by atoms with Crippen LogP contribution in [-0.2, 0) is 28.7 Å². The third-order valence-electron chi connectivity index (χ3n) is 9.49. The molecule has 2 aromatic rings. The predicted octanol–water partition coefficient (Wildman–Crippen LogP) is 4.37. The number of anilines is 1. The SMILES string of the molecule is C=CCCC(=O)N[C@H](C)[C@@H](OC(=O)[C@@H]1[C@H]2C(=O)N([C@H](C)CO)[C@H](C(=O)N(CC=C)c3ccc(Cl)cc3)[C@]23CC[C@H]1O3)c1ccccc1. The molecule has 1 spiro atoms. The molecule has 0 aliphatic carbocycles. The summed E-state index contributed by atoms with van der Waals surface area (Å²) in [7, 11) is 0. The van der Waals surface area contributed by atoms with Crippen LogP contribution in [0.3, 0.4) is 0 Å². The van der Waals surface area contributed by atoms with Crippen molar-refractivity contribution in [3.8, 4) is 0 Å². The van der Waals surface area contributed by atoms with E-state index in [9.17, 15) is 24.3 Å². The minimum absolute atomic E-state index is 0.150. The summed E-state index contributed by atoms with van der Waals surface area (Å²) in [6, 6.07) is 13.5. The molecule has 0 unspecified atom stereocenters. The maximum Gasteiger partial charge on any atom is 0.313 e. The van der Waals surface area contributed by atoms with Crippen LogP contribution in [0.4, 0.5) is 5.69 Å². The third-order valence-corrected chi connectivity index (χ3v) is 9.74. The molecule has 3 aliphatic rings. The Balaban J connectivity index is 1.48. The van der Waals surface area contributed by atoms with Gasteiger partial charge in [0.1, 0.15) is 17.7 Å². The molecule has 0 radical (unpaired) electrons. The number of allylic oxidation sites excluding steroid dienone is 1. The average molecular weight is 664 g/mol. The molecule has 3 heterocycles. The molecule has 11 heteroatoms. The molecule has 47 heavy (non-hydrogen) atoms. The number of aliphatic hydroxyl groups excluding tert-OH is 1. The van der Waals surface area contributed by atoms with Crippen molar-refractivity contribution in [3.63, 3.8) is 0 Å². The zero-order valence-corrected chi connectivity index (χ0v) is 27.5. The van der Waals surface area contributed by atoms with Gasteiger partial charge in [0.25, 0.3) is 5.91 Å². The second kappa shape index (κ2) is 14.4. The zero-order chi connectivity index (χ0) is 33.9. The van der Waals surface area contributed by atoms with Gasteiger partial charge in [-0.2, -0.15) is 0 Å². The Hall–Kier alpha value is -3.99. The molecular weight excluding hydrogens is 622 g/mol. The number of ether oxygens (including phenoxy) is 2. The Labute approximate surface area is 280 Å². The molecule has 3 amide bonds. The van der Waals surface area contributed by atoms with E-state index in [1.54, 1.807) is 50.3 Å². The predicted molar refractivity (Wildman–Crippen MR) is 177 cm³/mol. The number of nitrogens with one attached hydrogen (secondary N) is 1. The number of esters is 1. The van der Waals surface area contributed by atoms with Gasteiger partial charge in [-0.05, 0) is 62.9 Å². The second-order valence-corrected chi connectivity index (χ2v) is 12.9. The lowest BCUT2D eigenvalue weighted by molar-refractivity contribution is -0.162. The number of likely N-dealkylation sites (tertiary alicyclic amines) is 1. The summed E-state index contributed by atoms with van der Waals surface area (Å²) in [5.74, 6) is -3.67. The Morgan fingerprint density at radius 3 is 2.49 bits per heavy atom. The molecule has 3 fully saturated rings. The third kappa shape index (κ3) is 6.46. The molecule has 8 atom stereocenters. The van der Waals surface area contributed by atoms with E-state index in [0.717, 1.165) is 0 Å². The number of nitrogens with zero attached hydrogens (tertiary/aromatic N) is 2. The van der Waals surface area contributed by atoms with Crippen LogP contribution in [0, 0.1) is 11.8 Å². The lowest BCUT2D eigenvalue weighted by Gasteiger charge is -2.38.